The van der Waals surface area contributed by atoms with Crippen LogP contribution < -0.4 is 4.90 Å². The molecule has 5 nitrogen and oxygen atoms in total. The Bertz CT molecular complexity index is 626. The van der Waals surface area contributed by atoms with Gasteiger partial charge in [-0.15, -0.1) is 11.3 Å². The minimum Gasteiger partial charge on any atom is -0.479 e. The molecule has 1 atom stereocenters. The average molecular weight is 275 g/mol. The summed E-state index contributed by atoms with van der Waals surface area (Å²) in [5, 5.41) is 11.5. The molecule has 0 aliphatic carbocycles. The van der Waals surface area contributed by atoms with Crippen LogP contribution in [0.4, 0.5) is 5.95 Å². The van der Waals surface area contributed by atoms with Crippen molar-refractivity contribution in [1.82, 2.24) is 9.97 Å². The molecule has 0 saturated carbocycles. The molecule has 3 rings (SSSR count). The zero-order chi connectivity index (χ0) is 13.4. The third-order valence-electron chi connectivity index (χ3n) is 3.24. The van der Waals surface area contributed by atoms with E-state index in [1.807, 2.05) is 18.4 Å². The van der Waals surface area contributed by atoms with Gasteiger partial charge in [0.1, 0.15) is 0 Å². The summed E-state index contributed by atoms with van der Waals surface area (Å²) in [6.07, 6.45) is 2.51. The summed E-state index contributed by atoms with van der Waals surface area (Å²) in [6, 6.07) is 3.01. The maximum Gasteiger partial charge on any atom is 0.331 e. The van der Waals surface area contributed by atoms with Crippen molar-refractivity contribution in [3.8, 4) is 0 Å². The molecular weight excluding hydrogens is 262 g/mol. The van der Waals surface area contributed by atoms with Crippen molar-refractivity contribution in [2.24, 2.45) is 0 Å². The van der Waals surface area contributed by atoms with Gasteiger partial charge < -0.3 is 10.0 Å². The highest BCUT2D eigenvalue weighted by Crippen LogP contribution is 2.35. The van der Waals surface area contributed by atoms with Crippen LogP contribution >= 0.6 is 11.3 Å². The molecule has 0 saturated heterocycles. The van der Waals surface area contributed by atoms with E-state index in [1.165, 1.54) is 0 Å². The zero-order valence-electron chi connectivity index (χ0n) is 10.4. The van der Waals surface area contributed by atoms with Crippen LogP contribution in [0.1, 0.15) is 22.2 Å². The molecule has 1 N–H and O–H groups in total. The molecule has 2 aromatic rings. The van der Waals surface area contributed by atoms with Gasteiger partial charge in [0, 0.05) is 23.3 Å². The molecule has 0 spiro atoms. The Hall–Kier alpha value is -1.95. The van der Waals surface area contributed by atoms with E-state index in [-0.39, 0.29) is 0 Å². The third kappa shape index (κ3) is 2.08. The number of carbonyl (C=O) groups is 1. The first kappa shape index (κ1) is 12.1. The minimum atomic E-state index is -0.857. The van der Waals surface area contributed by atoms with Gasteiger partial charge in [-0.25, -0.2) is 14.8 Å². The average Bonchev–Trinajstić information content (AvgIpc) is 2.85. The second-order valence-electron chi connectivity index (χ2n) is 4.48. The lowest BCUT2D eigenvalue weighted by Crippen LogP contribution is -2.40. The largest absolute Gasteiger partial charge is 0.479 e. The number of hydrogen-bond acceptors (Lipinski definition) is 5. The van der Waals surface area contributed by atoms with Gasteiger partial charge in [-0.3, -0.25) is 0 Å². The highest BCUT2D eigenvalue weighted by Gasteiger charge is 2.35. The first-order chi connectivity index (χ1) is 9.16. The summed E-state index contributed by atoms with van der Waals surface area (Å²) in [4.78, 5) is 23.1. The van der Waals surface area contributed by atoms with Crippen molar-refractivity contribution in [2.45, 2.75) is 19.4 Å². The number of aryl methyl sites for hydroxylation is 1. The van der Waals surface area contributed by atoms with Gasteiger partial charge in [-0.05, 0) is 36.4 Å². The number of hydrogen-bond donors (Lipinski definition) is 1. The van der Waals surface area contributed by atoms with Gasteiger partial charge in [0.2, 0.25) is 5.95 Å². The van der Waals surface area contributed by atoms with Crippen LogP contribution in [0.3, 0.4) is 0 Å². The summed E-state index contributed by atoms with van der Waals surface area (Å²) in [6.45, 7) is 2.51. The summed E-state index contributed by atoms with van der Waals surface area (Å²) in [5.41, 5.74) is 1.71. The van der Waals surface area contributed by atoms with Gasteiger partial charge in [0.15, 0.2) is 6.04 Å². The fourth-order valence-corrected chi connectivity index (χ4v) is 3.28. The van der Waals surface area contributed by atoms with E-state index in [9.17, 15) is 9.90 Å². The number of aliphatic carboxylic acids is 1. The molecule has 0 bridgehead atoms. The lowest BCUT2D eigenvalue weighted by atomic mass is 10.0. The number of nitrogens with zero attached hydrogens (tertiary/aromatic N) is 3. The molecule has 98 valence electrons. The van der Waals surface area contributed by atoms with E-state index in [0.29, 0.717) is 12.5 Å². The topological polar surface area (TPSA) is 66.3 Å². The van der Waals surface area contributed by atoms with E-state index < -0.39 is 12.0 Å². The van der Waals surface area contributed by atoms with Gasteiger partial charge in [0.25, 0.3) is 0 Å². The Morgan fingerprint density at radius 2 is 2.37 bits per heavy atom. The van der Waals surface area contributed by atoms with Crippen LogP contribution in [0.5, 0.6) is 0 Å². The number of anilines is 1. The van der Waals surface area contributed by atoms with Crippen molar-refractivity contribution in [2.75, 3.05) is 11.4 Å². The van der Waals surface area contributed by atoms with Gasteiger partial charge in [0.05, 0.1) is 0 Å². The quantitative estimate of drug-likeness (QED) is 0.908. The number of fused-ring (bicyclic) bond motifs is 1. The summed E-state index contributed by atoms with van der Waals surface area (Å²) >= 11 is 1.62. The SMILES string of the molecule is Cc1ccnc(N2CCc3sccc3C2C(=O)O)n1. The highest BCUT2D eigenvalue weighted by atomic mass is 32.1. The van der Waals surface area contributed by atoms with Crippen LogP contribution in [0, 0.1) is 6.92 Å². The maximum atomic E-state index is 11.6. The zero-order valence-corrected chi connectivity index (χ0v) is 11.2. The van der Waals surface area contributed by atoms with Crippen LogP contribution in [0.2, 0.25) is 0 Å². The standard InChI is InChI=1S/C13H13N3O2S/c1-8-2-5-14-13(15-8)16-6-3-10-9(4-7-19-10)11(16)12(17)18/h2,4-5,7,11H,3,6H2,1H3,(H,17,18). The van der Waals surface area contributed by atoms with E-state index in [0.717, 1.165) is 22.6 Å². The number of aromatic nitrogens is 2. The molecule has 0 amide bonds. The summed E-state index contributed by atoms with van der Waals surface area (Å²) in [5.74, 6) is -0.367. The van der Waals surface area contributed by atoms with Crippen LogP contribution in [0.15, 0.2) is 23.7 Å². The van der Waals surface area contributed by atoms with Crippen LogP contribution in [-0.2, 0) is 11.2 Å². The van der Waals surface area contributed by atoms with Crippen molar-refractivity contribution < 1.29 is 9.90 Å². The molecule has 1 aliphatic heterocycles. The van der Waals surface area contributed by atoms with Crippen molar-refractivity contribution in [3.63, 3.8) is 0 Å². The summed E-state index contributed by atoms with van der Waals surface area (Å²) in [7, 11) is 0. The molecule has 1 aliphatic rings. The van der Waals surface area contributed by atoms with E-state index in [1.54, 1.807) is 28.5 Å². The Morgan fingerprint density at radius 1 is 1.53 bits per heavy atom. The lowest BCUT2D eigenvalue weighted by molar-refractivity contribution is -0.138. The maximum absolute atomic E-state index is 11.6. The molecule has 0 fully saturated rings. The Balaban J connectivity index is 2.05. The molecule has 3 heterocycles. The molecular formula is C13H13N3O2S. The molecule has 0 radical (unpaired) electrons. The van der Waals surface area contributed by atoms with Crippen LogP contribution in [-0.4, -0.2) is 27.6 Å². The number of thiophene rings is 1. The van der Waals surface area contributed by atoms with Crippen molar-refractivity contribution in [1.29, 1.82) is 0 Å². The predicted molar refractivity (Wildman–Crippen MR) is 72.5 cm³/mol. The minimum absolute atomic E-state index is 0.490. The molecule has 6 heteroatoms. The second-order valence-corrected chi connectivity index (χ2v) is 5.48. The Labute approximate surface area is 114 Å². The number of rotatable bonds is 2. The normalized spacial score (nSPS) is 18.2. The fraction of sp³-hybridized carbons (Fsp3) is 0.308. The fourth-order valence-electron chi connectivity index (χ4n) is 2.37. The summed E-state index contributed by atoms with van der Waals surface area (Å²) < 4.78 is 0. The van der Waals surface area contributed by atoms with Gasteiger partial charge in [-0.1, -0.05) is 0 Å². The second kappa shape index (κ2) is 4.62. The highest BCUT2D eigenvalue weighted by molar-refractivity contribution is 7.10. The van der Waals surface area contributed by atoms with E-state index >= 15 is 0 Å². The Kier molecular flexibility index (Phi) is 2.94. The predicted octanol–water partition coefficient (Wildman–Crippen LogP) is 2.03. The lowest BCUT2D eigenvalue weighted by Gasteiger charge is -2.33. The molecule has 19 heavy (non-hydrogen) atoms. The third-order valence-corrected chi connectivity index (χ3v) is 4.24. The molecule has 2 aromatic heterocycles. The molecule has 0 aromatic carbocycles. The van der Waals surface area contributed by atoms with E-state index in [2.05, 4.69) is 9.97 Å². The van der Waals surface area contributed by atoms with Crippen LogP contribution in [0.25, 0.3) is 0 Å². The Morgan fingerprint density at radius 3 is 3.11 bits per heavy atom. The van der Waals surface area contributed by atoms with Gasteiger partial charge >= 0.3 is 5.97 Å². The number of carboxylic acids is 1. The smallest absolute Gasteiger partial charge is 0.331 e. The van der Waals surface area contributed by atoms with E-state index in [4.69, 9.17) is 0 Å². The van der Waals surface area contributed by atoms with Gasteiger partial charge in [-0.2, -0.15) is 0 Å². The molecule has 1 unspecified atom stereocenters. The van der Waals surface area contributed by atoms with Crippen molar-refractivity contribution >= 4 is 23.3 Å². The first-order valence-electron chi connectivity index (χ1n) is 6.02. The first-order valence-corrected chi connectivity index (χ1v) is 6.90. The van der Waals surface area contributed by atoms with Crippen molar-refractivity contribution in [3.05, 3.63) is 39.8 Å². The monoisotopic (exact) mass is 275 g/mol. The number of carboxylic acid groups (broad SMARTS) is 1.